The van der Waals surface area contributed by atoms with Crippen LogP contribution in [-0.2, 0) is 37.5 Å². The summed E-state index contributed by atoms with van der Waals surface area (Å²) in [5.74, 6) is 0.211. The van der Waals surface area contributed by atoms with E-state index in [9.17, 15) is 4.79 Å². The van der Waals surface area contributed by atoms with Gasteiger partial charge in [-0.25, -0.2) is 6.54 Å². The topological polar surface area (TPSA) is 32.3 Å². The van der Waals surface area contributed by atoms with Gasteiger partial charge in [0.1, 0.15) is 0 Å². The van der Waals surface area contributed by atoms with E-state index in [4.69, 9.17) is 0 Å². The van der Waals surface area contributed by atoms with Crippen LogP contribution in [0.1, 0.15) is 46.5 Å². The van der Waals surface area contributed by atoms with Gasteiger partial charge in [0.25, 0.3) is 0 Å². The van der Waals surface area contributed by atoms with Gasteiger partial charge in [-0.3, -0.25) is 4.79 Å². The molecule has 1 N–H and O–H groups in total. The van der Waals surface area contributed by atoms with Crippen molar-refractivity contribution in [1.29, 1.82) is 0 Å². The van der Waals surface area contributed by atoms with Crippen molar-refractivity contribution in [3.8, 4) is 0 Å². The molecule has 97 valence electrons. The van der Waals surface area contributed by atoms with Crippen LogP contribution >= 0.6 is 0 Å². The summed E-state index contributed by atoms with van der Waals surface area (Å²) in [5.41, 5.74) is 0. The number of rotatable bonds is 4. The van der Waals surface area contributed by atoms with E-state index in [1.54, 1.807) is 0 Å². The summed E-state index contributed by atoms with van der Waals surface area (Å²) >= 11 is 0. The van der Waals surface area contributed by atoms with E-state index >= 15 is 0 Å². The summed E-state index contributed by atoms with van der Waals surface area (Å²) in [6.45, 7) is 12.1. The summed E-state index contributed by atoms with van der Waals surface area (Å²) in [7, 11) is 0. The molecule has 1 rings (SSSR count). The van der Waals surface area contributed by atoms with Crippen LogP contribution in [0, 0.1) is 13.5 Å². The second kappa shape index (κ2) is 8.60. The van der Waals surface area contributed by atoms with Gasteiger partial charge in [0.05, 0.1) is 6.04 Å². The van der Waals surface area contributed by atoms with E-state index in [-0.39, 0.29) is 50.7 Å². The van der Waals surface area contributed by atoms with Crippen LogP contribution in [0.5, 0.6) is 0 Å². The Morgan fingerprint density at radius 3 is 2.71 bits per heavy atom. The monoisotopic (exact) mass is 313 g/mol. The standard InChI is InChI=1S/C13H24N2O.Y/c1-5-11(4)15-9-7-6-8-12(13(15)16)14-10(2)3;/h9-12,14H,1,5-8H2,2-4H3;/q-2;/t11-,12+;/m1./s1. The van der Waals surface area contributed by atoms with Gasteiger partial charge in [0.2, 0.25) is 5.91 Å². The quantitative estimate of drug-likeness (QED) is 0.807. The van der Waals surface area contributed by atoms with Crippen molar-refractivity contribution in [3.05, 3.63) is 13.5 Å². The van der Waals surface area contributed by atoms with Gasteiger partial charge >= 0.3 is 0 Å². The van der Waals surface area contributed by atoms with Crippen LogP contribution in [0.15, 0.2) is 0 Å². The fraction of sp³-hybridized carbons (Fsp3) is 0.769. The van der Waals surface area contributed by atoms with Gasteiger partial charge in [-0.15, -0.1) is 0 Å². The molecule has 1 radical (unpaired) electrons. The van der Waals surface area contributed by atoms with E-state index < -0.39 is 0 Å². The van der Waals surface area contributed by atoms with E-state index in [1.807, 2.05) is 11.4 Å². The molecule has 0 aromatic carbocycles. The third-order valence-corrected chi connectivity index (χ3v) is 3.00. The Labute approximate surface area is 131 Å². The molecule has 1 saturated heterocycles. The van der Waals surface area contributed by atoms with Crippen molar-refractivity contribution in [3.63, 3.8) is 0 Å². The summed E-state index contributed by atoms with van der Waals surface area (Å²) < 4.78 is 0. The molecule has 0 bridgehead atoms. The molecule has 0 aliphatic carbocycles. The molecule has 0 unspecified atom stereocenters. The van der Waals surface area contributed by atoms with Crippen LogP contribution in [0.4, 0.5) is 0 Å². The number of carbonyl (C=O) groups is 1. The molecular formula is C13H24N2OY-2. The number of nitrogens with one attached hydrogen (secondary N) is 1. The number of nitrogens with zero attached hydrogens (tertiary/aromatic N) is 1. The zero-order valence-electron chi connectivity index (χ0n) is 11.3. The van der Waals surface area contributed by atoms with Gasteiger partial charge < -0.3 is 17.1 Å². The van der Waals surface area contributed by atoms with E-state index in [2.05, 4.69) is 33.0 Å². The van der Waals surface area contributed by atoms with Gasteiger partial charge in [0, 0.05) is 38.8 Å². The average molecular weight is 313 g/mol. The number of carbonyl (C=O) groups excluding carboxylic acids is 1. The van der Waals surface area contributed by atoms with Gasteiger partial charge in [-0.1, -0.05) is 20.3 Å². The molecule has 2 atom stereocenters. The van der Waals surface area contributed by atoms with Gasteiger partial charge in [0.15, 0.2) is 0 Å². The zero-order chi connectivity index (χ0) is 12.1. The molecule has 1 amide bonds. The Hall–Kier alpha value is 0.534. The number of likely N-dealkylation sites (tertiary alicyclic amines) is 1. The Kier molecular flexibility index (Phi) is 8.87. The van der Waals surface area contributed by atoms with Crippen molar-refractivity contribution in [2.24, 2.45) is 0 Å². The van der Waals surface area contributed by atoms with Crippen molar-refractivity contribution in [1.82, 2.24) is 10.2 Å². The normalized spacial score (nSPS) is 23.2. The van der Waals surface area contributed by atoms with Crippen LogP contribution < -0.4 is 5.32 Å². The number of hydrogen-bond donors (Lipinski definition) is 1. The summed E-state index contributed by atoms with van der Waals surface area (Å²) in [6.07, 6.45) is 3.77. The third kappa shape index (κ3) is 5.36. The Balaban J connectivity index is 0.00000256. The molecule has 0 saturated carbocycles. The minimum atomic E-state index is -0.0206. The SMILES string of the molecule is [CH2-]C[C@@H](C)N1[CH-]CCC[C@H](NC(C)C)C1=O.[Y]. The molecule has 0 aromatic heterocycles. The smallest absolute Gasteiger partial charge is 0.210 e. The first-order chi connectivity index (χ1) is 7.56. The zero-order valence-corrected chi connectivity index (χ0v) is 14.1. The Morgan fingerprint density at radius 2 is 2.18 bits per heavy atom. The fourth-order valence-electron chi connectivity index (χ4n) is 2.04. The van der Waals surface area contributed by atoms with Gasteiger partial charge in [-0.05, 0) is 19.4 Å². The molecule has 4 heteroatoms. The molecule has 1 aliphatic heterocycles. The number of amides is 1. The molecule has 0 spiro atoms. The summed E-state index contributed by atoms with van der Waals surface area (Å²) in [6, 6.07) is 0.541. The maximum atomic E-state index is 12.3. The molecule has 1 fully saturated rings. The predicted octanol–water partition coefficient (Wildman–Crippen LogP) is 2.14. The molecule has 1 heterocycles. The average Bonchev–Trinajstić information content (AvgIpc) is 2.41. The Morgan fingerprint density at radius 1 is 1.53 bits per heavy atom. The summed E-state index contributed by atoms with van der Waals surface area (Å²) in [5, 5.41) is 3.35. The van der Waals surface area contributed by atoms with E-state index in [0.717, 1.165) is 25.7 Å². The van der Waals surface area contributed by atoms with Crippen LogP contribution in [0.3, 0.4) is 0 Å². The third-order valence-electron chi connectivity index (χ3n) is 3.00. The molecule has 1 aliphatic rings. The maximum Gasteiger partial charge on any atom is 0.210 e. The minimum absolute atomic E-state index is 0. The fourth-order valence-corrected chi connectivity index (χ4v) is 2.04. The molecule has 3 nitrogen and oxygen atoms in total. The van der Waals surface area contributed by atoms with Crippen molar-refractivity contribution in [2.75, 3.05) is 0 Å². The first-order valence-corrected chi connectivity index (χ1v) is 6.27. The second-order valence-corrected chi connectivity index (χ2v) is 4.87. The van der Waals surface area contributed by atoms with E-state index in [0.29, 0.717) is 6.04 Å². The second-order valence-electron chi connectivity index (χ2n) is 4.87. The van der Waals surface area contributed by atoms with Crippen molar-refractivity contribution >= 4 is 5.91 Å². The first-order valence-electron chi connectivity index (χ1n) is 6.27. The number of hydrogen-bond acceptors (Lipinski definition) is 2. The van der Waals surface area contributed by atoms with Crippen LogP contribution in [0.25, 0.3) is 0 Å². The van der Waals surface area contributed by atoms with Crippen LogP contribution in [0.2, 0.25) is 0 Å². The minimum Gasteiger partial charge on any atom is -0.491 e. The van der Waals surface area contributed by atoms with E-state index in [1.165, 1.54) is 0 Å². The van der Waals surface area contributed by atoms with Gasteiger partial charge in [-0.2, -0.15) is 12.8 Å². The van der Waals surface area contributed by atoms with Crippen LogP contribution in [-0.4, -0.2) is 28.9 Å². The Bertz CT molecular complexity index is 233. The van der Waals surface area contributed by atoms with Crippen molar-refractivity contribution in [2.45, 2.75) is 64.6 Å². The largest absolute Gasteiger partial charge is 0.491 e. The molecule has 0 aromatic rings. The predicted molar refractivity (Wildman–Crippen MR) is 66.5 cm³/mol. The summed E-state index contributed by atoms with van der Waals surface area (Å²) in [4.78, 5) is 14.2. The maximum absolute atomic E-state index is 12.3. The molecular weight excluding hydrogens is 289 g/mol. The van der Waals surface area contributed by atoms with Crippen molar-refractivity contribution < 1.29 is 37.5 Å². The molecule has 17 heavy (non-hydrogen) atoms. The first kappa shape index (κ1) is 17.5.